The zero-order valence-corrected chi connectivity index (χ0v) is 21.6. The van der Waals surface area contributed by atoms with E-state index in [1.54, 1.807) is 0 Å². The SMILES string of the molecule is CCCCCCCCC(CC(=O)OCC(=O)OC)(CC(=O)OCC(=O)OC)CC(=O)OCC(=O)OC. The lowest BCUT2D eigenvalue weighted by atomic mass is 9.74. The van der Waals surface area contributed by atoms with Gasteiger partial charge in [-0.25, -0.2) is 14.4 Å². The van der Waals surface area contributed by atoms with Gasteiger partial charge in [0.15, 0.2) is 19.8 Å². The molecule has 0 aromatic heterocycles. The number of hydrogen-bond donors (Lipinski definition) is 0. The average molecular weight is 519 g/mol. The molecule has 0 radical (unpaired) electrons. The quantitative estimate of drug-likeness (QED) is 0.139. The van der Waals surface area contributed by atoms with Gasteiger partial charge < -0.3 is 28.4 Å². The molecule has 36 heavy (non-hydrogen) atoms. The molecule has 12 heteroatoms. The third kappa shape index (κ3) is 15.7. The van der Waals surface area contributed by atoms with Crippen LogP contribution in [0.3, 0.4) is 0 Å². The third-order valence-corrected chi connectivity index (χ3v) is 5.35. The van der Waals surface area contributed by atoms with Gasteiger partial charge in [-0.05, 0) is 6.42 Å². The fourth-order valence-electron chi connectivity index (χ4n) is 3.40. The predicted molar refractivity (Wildman–Crippen MR) is 123 cm³/mol. The Bertz CT molecular complexity index is 647. The number of hydrogen-bond acceptors (Lipinski definition) is 12. The monoisotopic (exact) mass is 518 g/mol. The second-order valence-corrected chi connectivity index (χ2v) is 8.26. The Morgan fingerprint density at radius 3 is 1.17 bits per heavy atom. The highest BCUT2D eigenvalue weighted by molar-refractivity contribution is 5.81. The summed E-state index contributed by atoms with van der Waals surface area (Å²) in [5, 5.41) is 0. The molecule has 0 aromatic carbocycles. The Labute approximate surface area is 211 Å². The van der Waals surface area contributed by atoms with Crippen molar-refractivity contribution in [1.82, 2.24) is 0 Å². The van der Waals surface area contributed by atoms with Crippen molar-refractivity contribution in [3.63, 3.8) is 0 Å². The molecular weight excluding hydrogens is 480 g/mol. The van der Waals surface area contributed by atoms with Gasteiger partial charge in [-0.3, -0.25) is 14.4 Å². The van der Waals surface area contributed by atoms with Crippen molar-refractivity contribution in [2.45, 2.75) is 71.1 Å². The molecule has 0 rings (SSSR count). The summed E-state index contributed by atoms with van der Waals surface area (Å²) in [6.45, 7) is 0.177. The molecular formula is C24H38O12. The average Bonchev–Trinajstić information content (AvgIpc) is 2.86. The lowest BCUT2D eigenvalue weighted by molar-refractivity contribution is -0.165. The van der Waals surface area contributed by atoms with E-state index in [9.17, 15) is 28.8 Å². The van der Waals surface area contributed by atoms with Gasteiger partial charge in [0.25, 0.3) is 0 Å². The first-order chi connectivity index (χ1) is 17.1. The molecule has 0 aromatic rings. The number of methoxy groups -OCH3 is 3. The second-order valence-electron chi connectivity index (χ2n) is 8.26. The van der Waals surface area contributed by atoms with Crippen molar-refractivity contribution in [2.24, 2.45) is 5.41 Å². The Kier molecular flexibility index (Phi) is 17.4. The van der Waals surface area contributed by atoms with E-state index in [4.69, 9.17) is 14.2 Å². The lowest BCUT2D eigenvalue weighted by Gasteiger charge is -2.31. The van der Waals surface area contributed by atoms with E-state index >= 15 is 0 Å². The van der Waals surface area contributed by atoms with Crippen molar-refractivity contribution >= 4 is 35.8 Å². The molecule has 0 atom stereocenters. The molecule has 0 aliphatic heterocycles. The number of unbranched alkanes of at least 4 members (excludes halogenated alkanes) is 5. The summed E-state index contributed by atoms with van der Waals surface area (Å²) in [5.41, 5.74) is -1.31. The van der Waals surface area contributed by atoms with E-state index in [0.29, 0.717) is 6.42 Å². The highest BCUT2D eigenvalue weighted by Crippen LogP contribution is 2.38. The Morgan fingerprint density at radius 1 is 0.500 bits per heavy atom. The van der Waals surface area contributed by atoms with Crippen LogP contribution in [0, 0.1) is 5.41 Å². The summed E-state index contributed by atoms with van der Waals surface area (Å²) >= 11 is 0. The number of rotatable bonds is 19. The molecule has 206 valence electrons. The molecule has 0 spiro atoms. The van der Waals surface area contributed by atoms with Crippen molar-refractivity contribution in [3.8, 4) is 0 Å². The molecule has 0 N–H and O–H groups in total. The second kappa shape index (κ2) is 19.1. The summed E-state index contributed by atoms with van der Waals surface area (Å²) in [6.07, 6.45) is 4.43. The van der Waals surface area contributed by atoms with Crippen LogP contribution in [-0.2, 0) is 57.2 Å². The maximum Gasteiger partial charge on any atom is 0.344 e. The Hall–Kier alpha value is -3.18. The topological polar surface area (TPSA) is 158 Å². The van der Waals surface area contributed by atoms with E-state index in [-0.39, 0.29) is 6.42 Å². The maximum absolute atomic E-state index is 12.6. The molecule has 0 saturated heterocycles. The number of carbonyl (C=O) groups is 6. The molecule has 0 bridgehead atoms. The predicted octanol–water partition coefficient (Wildman–Crippen LogP) is 2.04. The smallest absolute Gasteiger partial charge is 0.344 e. The molecule has 0 unspecified atom stereocenters. The highest BCUT2D eigenvalue weighted by atomic mass is 16.6. The minimum Gasteiger partial charge on any atom is -0.466 e. The van der Waals surface area contributed by atoms with Crippen LogP contribution in [0.2, 0.25) is 0 Å². The zero-order chi connectivity index (χ0) is 27.4. The number of carbonyl (C=O) groups excluding carboxylic acids is 6. The van der Waals surface area contributed by atoms with E-state index in [0.717, 1.165) is 53.4 Å². The van der Waals surface area contributed by atoms with Gasteiger partial charge in [0, 0.05) is 5.41 Å². The van der Waals surface area contributed by atoms with E-state index in [1.165, 1.54) is 0 Å². The third-order valence-electron chi connectivity index (χ3n) is 5.35. The van der Waals surface area contributed by atoms with Crippen LogP contribution in [0.25, 0.3) is 0 Å². The molecule has 0 aliphatic rings. The van der Waals surface area contributed by atoms with Crippen molar-refractivity contribution in [1.29, 1.82) is 0 Å². The molecule has 0 fully saturated rings. The van der Waals surface area contributed by atoms with Gasteiger partial charge in [-0.15, -0.1) is 0 Å². The summed E-state index contributed by atoms with van der Waals surface area (Å²) in [5.74, 6) is -4.85. The van der Waals surface area contributed by atoms with Gasteiger partial charge >= 0.3 is 35.8 Å². The maximum atomic E-state index is 12.6. The fraction of sp³-hybridized carbons (Fsp3) is 0.750. The fourth-order valence-corrected chi connectivity index (χ4v) is 3.40. The van der Waals surface area contributed by atoms with Gasteiger partial charge in [0.1, 0.15) is 0 Å². The summed E-state index contributed by atoms with van der Waals surface area (Å²) in [4.78, 5) is 71.7. The van der Waals surface area contributed by atoms with Crippen LogP contribution in [0.5, 0.6) is 0 Å². The largest absolute Gasteiger partial charge is 0.466 e. The van der Waals surface area contributed by atoms with Gasteiger partial charge in [-0.2, -0.15) is 0 Å². The van der Waals surface area contributed by atoms with Crippen LogP contribution >= 0.6 is 0 Å². The Morgan fingerprint density at radius 2 is 0.833 bits per heavy atom. The summed E-state index contributed by atoms with van der Waals surface area (Å²) in [6, 6.07) is 0. The first-order valence-electron chi connectivity index (χ1n) is 11.8. The lowest BCUT2D eigenvalue weighted by Crippen LogP contribution is -2.34. The minimum absolute atomic E-state index is 0.243. The van der Waals surface area contributed by atoms with Crippen LogP contribution in [0.15, 0.2) is 0 Å². The standard InChI is InChI=1S/C24H38O12/c1-5-6-7-8-9-10-11-24(12-18(25)34-15-21(28)31-2,13-19(26)35-16-22(29)32-3)14-20(27)36-17-23(30)33-4/h5-17H2,1-4H3. The van der Waals surface area contributed by atoms with Crippen LogP contribution in [-0.4, -0.2) is 77.0 Å². The molecule has 0 amide bonds. The van der Waals surface area contributed by atoms with E-state index in [2.05, 4.69) is 21.1 Å². The highest BCUT2D eigenvalue weighted by Gasteiger charge is 2.39. The first kappa shape index (κ1) is 32.8. The van der Waals surface area contributed by atoms with Crippen LogP contribution in [0.4, 0.5) is 0 Å². The Balaban J connectivity index is 5.66. The number of ether oxygens (including phenoxy) is 6. The zero-order valence-electron chi connectivity index (χ0n) is 21.6. The van der Waals surface area contributed by atoms with Gasteiger partial charge in [-0.1, -0.05) is 45.4 Å². The van der Waals surface area contributed by atoms with Crippen molar-refractivity contribution in [3.05, 3.63) is 0 Å². The summed E-state index contributed by atoms with van der Waals surface area (Å²) in [7, 11) is 3.40. The normalized spacial score (nSPS) is 10.7. The van der Waals surface area contributed by atoms with Crippen molar-refractivity contribution < 1.29 is 57.2 Å². The molecule has 0 saturated carbocycles. The van der Waals surface area contributed by atoms with Gasteiger partial charge in [0.2, 0.25) is 0 Å². The van der Waals surface area contributed by atoms with Crippen molar-refractivity contribution in [2.75, 3.05) is 41.2 Å². The minimum atomic E-state index is -1.31. The molecule has 0 aliphatic carbocycles. The van der Waals surface area contributed by atoms with Gasteiger partial charge in [0.05, 0.1) is 40.6 Å². The van der Waals surface area contributed by atoms with Crippen LogP contribution in [0.1, 0.15) is 71.1 Å². The number of esters is 6. The summed E-state index contributed by atoms with van der Waals surface area (Å²) < 4.78 is 28.2. The van der Waals surface area contributed by atoms with E-state index < -0.39 is 80.3 Å². The van der Waals surface area contributed by atoms with E-state index in [1.807, 2.05) is 0 Å². The van der Waals surface area contributed by atoms with Crippen LogP contribution < -0.4 is 0 Å². The molecule has 12 nitrogen and oxygen atoms in total. The first-order valence-corrected chi connectivity index (χ1v) is 11.8. The molecule has 0 heterocycles.